The molecule has 0 amide bonds. The highest BCUT2D eigenvalue weighted by Crippen LogP contribution is 2.29. The van der Waals surface area contributed by atoms with E-state index in [-0.39, 0.29) is 6.10 Å². The van der Waals surface area contributed by atoms with E-state index in [0.717, 1.165) is 24.8 Å². The molecule has 1 fully saturated rings. The van der Waals surface area contributed by atoms with Gasteiger partial charge in [-0.05, 0) is 42.5 Å². The second-order valence-corrected chi connectivity index (χ2v) is 8.39. The molecule has 1 aliphatic heterocycles. The van der Waals surface area contributed by atoms with Gasteiger partial charge in [0.15, 0.2) is 0 Å². The van der Waals surface area contributed by atoms with Gasteiger partial charge in [-0.1, -0.05) is 6.07 Å². The van der Waals surface area contributed by atoms with Crippen LogP contribution in [0.25, 0.3) is 0 Å². The summed E-state index contributed by atoms with van der Waals surface area (Å²) in [5, 5.41) is 4.15. The predicted octanol–water partition coefficient (Wildman–Crippen LogP) is 1.67. The molecule has 2 heterocycles. The molecule has 1 atom stereocenters. The number of nitrogens with zero attached hydrogens (tertiary/aromatic N) is 3. The smallest absolute Gasteiger partial charge is 0.243 e. The molecule has 1 aromatic carbocycles. The summed E-state index contributed by atoms with van der Waals surface area (Å²) in [5.74, 6) is 0. The maximum absolute atomic E-state index is 13.0. The maximum Gasteiger partial charge on any atom is 0.243 e. The van der Waals surface area contributed by atoms with E-state index in [0.29, 0.717) is 24.6 Å². The van der Waals surface area contributed by atoms with Crippen LogP contribution in [0.1, 0.15) is 29.2 Å². The van der Waals surface area contributed by atoms with Gasteiger partial charge in [-0.15, -0.1) is 0 Å². The summed E-state index contributed by atoms with van der Waals surface area (Å²) < 4.78 is 35.0. The summed E-state index contributed by atoms with van der Waals surface area (Å²) in [7, 11) is -1.65. The number of hydrogen-bond donors (Lipinski definition) is 0. The van der Waals surface area contributed by atoms with Gasteiger partial charge in [0.1, 0.15) is 0 Å². The molecule has 2 aromatic rings. The molecule has 128 valence electrons. The predicted molar refractivity (Wildman–Crippen MR) is 89.1 cm³/mol. The number of morpholine rings is 1. The maximum atomic E-state index is 13.0. The van der Waals surface area contributed by atoms with E-state index in [9.17, 15) is 8.42 Å². The molecule has 1 aromatic heterocycles. The van der Waals surface area contributed by atoms with Crippen LogP contribution in [-0.4, -0.2) is 42.2 Å². The second-order valence-electron chi connectivity index (χ2n) is 6.45. The van der Waals surface area contributed by atoms with Crippen molar-refractivity contribution < 1.29 is 13.2 Å². The van der Waals surface area contributed by atoms with Gasteiger partial charge >= 0.3 is 0 Å². The summed E-state index contributed by atoms with van der Waals surface area (Å²) >= 11 is 0. The Bertz CT molecular complexity index is 860. The van der Waals surface area contributed by atoms with E-state index in [1.807, 2.05) is 25.4 Å². The molecular formula is C17H21N3O3S. The van der Waals surface area contributed by atoms with Gasteiger partial charge in [-0.3, -0.25) is 4.68 Å². The van der Waals surface area contributed by atoms with Crippen LogP contribution in [0.2, 0.25) is 0 Å². The molecule has 0 saturated carbocycles. The van der Waals surface area contributed by atoms with Crippen molar-refractivity contribution in [3.8, 4) is 0 Å². The Morgan fingerprint density at radius 3 is 2.88 bits per heavy atom. The molecule has 2 aliphatic rings. The molecule has 7 heteroatoms. The first-order valence-electron chi connectivity index (χ1n) is 8.26. The van der Waals surface area contributed by atoms with Crippen LogP contribution in [0.5, 0.6) is 0 Å². The van der Waals surface area contributed by atoms with E-state index >= 15 is 0 Å². The first-order chi connectivity index (χ1) is 11.5. The fourth-order valence-electron chi connectivity index (χ4n) is 3.51. The summed E-state index contributed by atoms with van der Waals surface area (Å²) in [4.78, 5) is 0.398. The molecule has 0 N–H and O–H groups in total. The summed E-state index contributed by atoms with van der Waals surface area (Å²) in [6.45, 7) is 1.10. The zero-order valence-corrected chi connectivity index (χ0v) is 14.5. The monoisotopic (exact) mass is 347 g/mol. The Labute approximate surface area is 142 Å². The molecule has 0 spiro atoms. The zero-order valence-electron chi connectivity index (χ0n) is 13.7. The number of aryl methyl sites for hydroxylation is 3. The van der Waals surface area contributed by atoms with Gasteiger partial charge in [0, 0.05) is 31.9 Å². The molecule has 0 bridgehead atoms. The van der Waals surface area contributed by atoms with Crippen molar-refractivity contribution in [3.63, 3.8) is 0 Å². The summed E-state index contributed by atoms with van der Waals surface area (Å²) in [5.41, 5.74) is 3.36. The fourth-order valence-corrected chi connectivity index (χ4v) is 4.99. The Morgan fingerprint density at radius 2 is 2.08 bits per heavy atom. The SMILES string of the molecule is Cn1cc(C2CN(S(=O)(=O)c3ccc4c(c3)CCC4)CCO2)cn1. The Hall–Kier alpha value is -1.70. The standard InChI is InChI=1S/C17H21N3O3S/c1-19-11-15(10-18-19)17-12-20(7-8-23-17)24(21,22)16-6-5-13-3-2-4-14(13)9-16/h5-6,9-11,17H,2-4,7-8,12H2,1H3. The molecule has 24 heavy (non-hydrogen) atoms. The largest absolute Gasteiger partial charge is 0.371 e. The van der Waals surface area contributed by atoms with Crippen LogP contribution in [0.3, 0.4) is 0 Å². The highest BCUT2D eigenvalue weighted by Gasteiger charge is 2.32. The number of sulfonamides is 1. The molecule has 4 rings (SSSR count). The lowest BCUT2D eigenvalue weighted by Crippen LogP contribution is -2.42. The van der Waals surface area contributed by atoms with Crippen LogP contribution in [0.15, 0.2) is 35.5 Å². The lowest BCUT2D eigenvalue weighted by atomic mass is 10.1. The average Bonchev–Trinajstić information content (AvgIpc) is 3.23. The van der Waals surface area contributed by atoms with Crippen molar-refractivity contribution in [1.82, 2.24) is 14.1 Å². The quantitative estimate of drug-likeness (QED) is 0.847. The third-order valence-electron chi connectivity index (χ3n) is 4.83. The van der Waals surface area contributed by atoms with Crippen molar-refractivity contribution in [2.75, 3.05) is 19.7 Å². The third-order valence-corrected chi connectivity index (χ3v) is 6.69. The van der Waals surface area contributed by atoms with Crippen molar-refractivity contribution in [2.45, 2.75) is 30.3 Å². The van der Waals surface area contributed by atoms with Crippen LogP contribution in [0.4, 0.5) is 0 Å². The van der Waals surface area contributed by atoms with Crippen LogP contribution < -0.4 is 0 Å². The van der Waals surface area contributed by atoms with Gasteiger partial charge in [-0.25, -0.2) is 8.42 Å². The van der Waals surface area contributed by atoms with E-state index in [1.165, 1.54) is 15.4 Å². The van der Waals surface area contributed by atoms with E-state index in [2.05, 4.69) is 5.10 Å². The minimum absolute atomic E-state index is 0.267. The minimum Gasteiger partial charge on any atom is -0.371 e. The second kappa shape index (κ2) is 5.98. The van der Waals surface area contributed by atoms with Gasteiger partial charge in [0.25, 0.3) is 0 Å². The van der Waals surface area contributed by atoms with Crippen LogP contribution in [0, 0.1) is 0 Å². The van der Waals surface area contributed by atoms with Crippen molar-refractivity contribution in [2.24, 2.45) is 7.05 Å². The average molecular weight is 347 g/mol. The fraction of sp³-hybridized carbons (Fsp3) is 0.471. The molecule has 1 unspecified atom stereocenters. The number of benzene rings is 1. The first kappa shape index (κ1) is 15.8. The lowest BCUT2D eigenvalue weighted by Gasteiger charge is -2.31. The van der Waals surface area contributed by atoms with E-state index < -0.39 is 10.0 Å². The molecule has 0 radical (unpaired) electrons. The van der Waals surface area contributed by atoms with Gasteiger partial charge < -0.3 is 4.74 Å². The topological polar surface area (TPSA) is 64.4 Å². The van der Waals surface area contributed by atoms with Crippen molar-refractivity contribution >= 4 is 10.0 Å². The highest BCUT2D eigenvalue weighted by molar-refractivity contribution is 7.89. The summed E-state index contributed by atoms with van der Waals surface area (Å²) in [6.07, 6.45) is 6.47. The third kappa shape index (κ3) is 2.76. The Kier molecular flexibility index (Phi) is 3.94. The zero-order chi connectivity index (χ0) is 16.7. The highest BCUT2D eigenvalue weighted by atomic mass is 32.2. The van der Waals surface area contributed by atoms with E-state index in [1.54, 1.807) is 16.9 Å². The number of ether oxygens (including phenoxy) is 1. The lowest BCUT2D eigenvalue weighted by molar-refractivity contribution is -0.00259. The van der Waals surface area contributed by atoms with Crippen molar-refractivity contribution in [1.29, 1.82) is 0 Å². The van der Waals surface area contributed by atoms with Crippen molar-refractivity contribution in [3.05, 3.63) is 47.3 Å². The van der Waals surface area contributed by atoms with E-state index in [4.69, 9.17) is 4.74 Å². The Balaban J connectivity index is 1.59. The number of fused-ring (bicyclic) bond motifs is 1. The normalized spacial score (nSPS) is 21.8. The minimum atomic E-state index is -3.49. The Morgan fingerprint density at radius 1 is 1.25 bits per heavy atom. The number of rotatable bonds is 3. The molecule has 1 saturated heterocycles. The number of hydrogen-bond acceptors (Lipinski definition) is 4. The first-order valence-corrected chi connectivity index (χ1v) is 9.70. The van der Waals surface area contributed by atoms with Crippen LogP contribution in [-0.2, 0) is 34.6 Å². The summed E-state index contributed by atoms with van der Waals surface area (Å²) in [6, 6.07) is 5.56. The van der Waals surface area contributed by atoms with Gasteiger partial charge in [-0.2, -0.15) is 9.40 Å². The number of aromatic nitrogens is 2. The van der Waals surface area contributed by atoms with Crippen LogP contribution >= 0.6 is 0 Å². The molecule has 6 nitrogen and oxygen atoms in total. The molecular weight excluding hydrogens is 326 g/mol. The molecule has 1 aliphatic carbocycles. The van der Waals surface area contributed by atoms with Gasteiger partial charge in [0.2, 0.25) is 10.0 Å². The van der Waals surface area contributed by atoms with Gasteiger partial charge in [0.05, 0.1) is 23.8 Å².